The lowest BCUT2D eigenvalue weighted by molar-refractivity contribution is 0.0979. The van der Waals surface area contributed by atoms with Gasteiger partial charge in [-0.05, 0) is 25.0 Å². The van der Waals surface area contributed by atoms with E-state index in [1.54, 1.807) is 12.1 Å². The van der Waals surface area contributed by atoms with Crippen LogP contribution in [0, 0.1) is 0 Å². The van der Waals surface area contributed by atoms with E-state index in [0.29, 0.717) is 12.8 Å². The van der Waals surface area contributed by atoms with Crippen molar-refractivity contribution < 1.29 is 9.59 Å². The lowest BCUT2D eigenvalue weighted by atomic mass is 10.2. The smallest absolute Gasteiger partial charge is 0.172 e. The monoisotopic (exact) mass is 224 g/mol. The van der Waals surface area contributed by atoms with Gasteiger partial charge in [0.2, 0.25) is 0 Å². The number of hydrogen-bond donors (Lipinski definition) is 0. The van der Waals surface area contributed by atoms with Crippen molar-refractivity contribution in [2.24, 2.45) is 0 Å². The van der Waals surface area contributed by atoms with Crippen LogP contribution in [0.3, 0.4) is 0 Å². The van der Waals surface area contributed by atoms with Crippen LogP contribution in [-0.4, -0.2) is 11.6 Å². The molecule has 2 nitrogen and oxygen atoms in total. The third-order valence-electron chi connectivity index (χ3n) is 2.11. The van der Waals surface area contributed by atoms with Crippen molar-refractivity contribution in [3.63, 3.8) is 0 Å². The Hall–Kier alpha value is -0.960. The van der Waals surface area contributed by atoms with E-state index in [1.807, 2.05) is 13.8 Å². The predicted molar refractivity (Wildman–Crippen MR) is 62.8 cm³/mol. The van der Waals surface area contributed by atoms with Crippen LogP contribution in [0.25, 0.3) is 0 Å². The third kappa shape index (κ3) is 3.27. The van der Waals surface area contributed by atoms with Crippen LogP contribution in [0.1, 0.15) is 58.9 Å². The van der Waals surface area contributed by atoms with Crippen molar-refractivity contribution in [3.05, 3.63) is 21.9 Å². The van der Waals surface area contributed by atoms with E-state index in [1.165, 1.54) is 11.3 Å². The first-order chi connectivity index (χ1) is 7.19. The van der Waals surface area contributed by atoms with Crippen LogP contribution in [0.15, 0.2) is 12.1 Å². The number of hydrogen-bond acceptors (Lipinski definition) is 3. The molecule has 0 aromatic carbocycles. The van der Waals surface area contributed by atoms with Gasteiger partial charge in [0.15, 0.2) is 11.6 Å². The molecule has 0 aliphatic rings. The zero-order chi connectivity index (χ0) is 11.3. The minimum atomic E-state index is 0.151. The molecule has 0 saturated carbocycles. The van der Waals surface area contributed by atoms with Crippen molar-refractivity contribution >= 4 is 22.9 Å². The van der Waals surface area contributed by atoms with Crippen molar-refractivity contribution in [2.75, 3.05) is 0 Å². The summed E-state index contributed by atoms with van der Waals surface area (Å²) < 4.78 is 0. The second-order valence-electron chi connectivity index (χ2n) is 3.51. The molecular formula is C12H16O2S. The summed E-state index contributed by atoms with van der Waals surface area (Å²) in [5.41, 5.74) is 0. The van der Waals surface area contributed by atoms with Gasteiger partial charge in [0, 0.05) is 12.8 Å². The zero-order valence-corrected chi connectivity index (χ0v) is 10.0. The lowest BCUT2D eigenvalue weighted by Gasteiger charge is -1.94. The Kier molecular flexibility index (Phi) is 4.69. The summed E-state index contributed by atoms with van der Waals surface area (Å²) in [6.45, 7) is 3.96. The van der Waals surface area contributed by atoms with Crippen molar-refractivity contribution in [1.29, 1.82) is 0 Å². The normalized spacial score (nSPS) is 10.3. The van der Waals surface area contributed by atoms with Crippen molar-refractivity contribution in [2.45, 2.75) is 39.5 Å². The molecule has 0 spiro atoms. The number of rotatable bonds is 6. The number of thiophene rings is 1. The van der Waals surface area contributed by atoms with Gasteiger partial charge in [-0.3, -0.25) is 9.59 Å². The molecule has 0 saturated heterocycles. The Bertz CT molecular complexity index is 320. The molecule has 0 aliphatic carbocycles. The number of ketones is 2. The Morgan fingerprint density at radius 1 is 1.00 bits per heavy atom. The highest BCUT2D eigenvalue weighted by Gasteiger charge is 2.12. The van der Waals surface area contributed by atoms with Gasteiger partial charge in [-0.1, -0.05) is 13.8 Å². The maximum Gasteiger partial charge on any atom is 0.172 e. The van der Waals surface area contributed by atoms with Crippen LogP contribution in [0.5, 0.6) is 0 Å². The van der Waals surface area contributed by atoms with Gasteiger partial charge < -0.3 is 0 Å². The fourth-order valence-electron chi connectivity index (χ4n) is 1.34. The molecule has 0 fully saturated rings. The molecule has 0 amide bonds. The van der Waals surface area contributed by atoms with Crippen LogP contribution in [-0.2, 0) is 0 Å². The molecule has 3 heteroatoms. The standard InChI is InChI=1S/C12H16O2S/c1-3-5-9(13)11-7-8-12(15-11)10(14)6-4-2/h7-8H,3-6H2,1-2H3. The van der Waals surface area contributed by atoms with Crippen LogP contribution in [0.2, 0.25) is 0 Å². The summed E-state index contributed by atoms with van der Waals surface area (Å²) in [5, 5.41) is 0. The molecule has 1 aromatic heterocycles. The summed E-state index contributed by atoms with van der Waals surface area (Å²) in [5.74, 6) is 0.302. The molecule has 0 aliphatic heterocycles. The SMILES string of the molecule is CCCC(=O)c1ccc(C(=O)CCC)s1. The summed E-state index contributed by atoms with van der Waals surface area (Å²) >= 11 is 1.33. The molecule has 0 atom stereocenters. The Balaban J connectivity index is 2.71. The van der Waals surface area contributed by atoms with E-state index in [4.69, 9.17) is 0 Å². The predicted octanol–water partition coefficient (Wildman–Crippen LogP) is 3.71. The average Bonchev–Trinajstić information content (AvgIpc) is 2.67. The van der Waals surface area contributed by atoms with Crippen LogP contribution in [0.4, 0.5) is 0 Å². The minimum Gasteiger partial charge on any atom is -0.293 e. The summed E-state index contributed by atoms with van der Waals surface area (Å²) in [6, 6.07) is 3.54. The fraction of sp³-hybridized carbons (Fsp3) is 0.500. The highest BCUT2D eigenvalue weighted by atomic mass is 32.1. The molecule has 0 radical (unpaired) electrons. The number of Topliss-reactive ketones (excluding diaryl/α,β-unsaturated/α-hetero) is 2. The Morgan fingerprint density at radius 3 is 1.73 bits per heavy atom. The van der Waals surface area contributed by atoms with Gasteiger partial charge in [0.1, 0.15) is 0 Å². The van der Waals surface area contributed by atoms with Crippen LogP contribution < -0.4 is 0 Å². The fourth-order valence-corrected chi connectivity index (χ4v) is 2.28. The lowest BCUT2D eigenvalue weighted by Crippen LogP contribution is -1.95. The van der Waals surface area contributed by atoms with E-state index in [-0.39, 0.29) is 11.6 Å². The first-order valence-corrected chi connectivity index (χ1v) is 6.16. The summed E-state index contributed by atoms with van der Waals surface area (Å²) in [6.07, 6.45) is 2.85. The Labute approximate surface area is 94.3 Å². The molecular weight excluding hydrogens is 208 g/mol. The highest BCUT2D eigenvalue weighted by molar-refractivity contribution is 7.16. The largest absolute Gasteiger partial charge is 0.293 e. The second-order valence-corrected chi connectivity index (χ2v) is 4.59. The van der Waals surface area contributed by atoms with Crippen molar-refractivity contribution in [1.82, 2.24) is 0 Å². The van der Waals surface area contributed by atoms with E-state index < -0.39 is 0 Å². The molecule has 1 heterocycles. The van der Waals surface area contributed by atoms with Gasteiger partial charge in [-0.25, -0.2) is 0 Å². The highest BCUT2D eigenvalue weighted by Crippen LogP contribution is 2.20. The van der Waals surface area contributed by atoms with Crippen LogP contribution >= 0.6 is 11.3 Å². The second kappa shape index (κ2) is 5.81. The number of carbonyl (C=O) groups excluding carboxylic acids is 2. The molecule has 15 heavy (non-hydrogen) atoms. The minimum absolute atomic E-state index is 0.151. The molecule has 0 bridgehead atoms. The summed E-state index contributed by atoms with van der Waals surface area (Å²) in [7, 11) is 0. The van der Waals surface area contributed by atoms with E-state index in [2.05, 4.69) is 0 Å². The van der Waals surface area contributed by atoms with Crippen molar-refractivity contribution in [3.8, 4) is 0 Å². The first-order valence-electron chi connectivity index (χ1n) is 5.35. The average molecular weight is 224 g/mol. The van der Waals surface area contributed by atoms with Gasteiger partial charge in [0.25, 0.3) is 0 Å². The summed E-state index contributed by atoms with van der Waals surface area (Å²) in [4.78, 5) is 24.5. The molecule has 1 aromatic rings. The topological polar surface area (TPSA) is 34.1 Å². The first kappa shape index (κ1) is 12.1. The van der Waals surface area contributed by atoms with E-state index in [9.17, 15) is 9.59 Å². The molecule has 82 valence electrons. The van der Waals surface area contributed by atoms with Gasteiger partial charge in [-0.2, -0.15) is 0 Å². The third-order valence-corrected chi connectivity index (χ3v) is 3.28. The maximum absolute atomic E-state index is 11.5. The van der Waals surface area contributed by atoms with E-state index in [0.717, 1.165) is 22.6 Å². The van der Waals surface area contributed by atoms with Gasteiger partial charge >= 0.3 is 0 Å². The van der Waals surface area contributed by atoms with Gasteiger partial charge in [-0.15, -0.1) is 11.3 Å². The zero-order valence-electron chi connectivity index (χ0n) is 9.21. The van der Waals surface area contributed by atoms with E-state index >= 15 is 0 Å². The number of carbonyl (C=O) groups is 2. The maximum atomic E-state index is 11.5. The molecule has 0 unspecified atom stereocenters. The molecule has 0 N–H and O–H groups in total. The molecule has 1 rings (SSSR count). The van der Waals surface area contributed by atoms with Gasteiger partial charge in [0.05, 0.1) is 9.75 Å². The Morgan fingerprint density at radius 2 is 1.40 bits per heavy atom. The quantitative estimate of drug-likeness (QED) is 0.690.